The summed E-state index contributed by atoms with van der Waals surface area (Å²) in [5.74, 6) is -0.316. The third-order valence-electron chi connectivity index (χ3n) is 4.37. The van der Waals surface area contributed by atoms with Gasteiger partial charge in [0.25, 0.3) is 5.69 Å². The van der Waals surface area contributed by atoms with Crippen molar-refractivity contribution >= 4 is 17.6 Å². The molecule has 142 valence electrons. The van der Waals surface area contributed by atoms with Crippen molar-refractivity contribution in [2.24, 2.45) is 5.16 Å². The number of anilines is 1. The molecule has 0 N–H and O–H groups in total. The monoisotopic (exact) mass is 373 g/mol. The van der Waals surface area contributed by atoms with Crippen molar-refractivity contribution in [1.82, 2.24) is 0 Å². The predicted molar refractivity (Wildman–Crippen MR) is 99.9 cm³/mol. The highest BCUT2D eigenvalue weighted by atomic mass is 19.1. The second kappa shape index (κ2) is 8.48. The molecular formula is C19H20FN3O4. The SMILES string of the molecule is COc1ccc(CO/N=C/c2ccc(N3CCCC3)c([N+](=O)[O-])c2)cc1F. The van der Waals surface area contributed by atoms with Gasteiger partial charge in [-0.15, -0.1) is 0 Å². The molecule has 1 heterocycles. The summed E-state index contributed by atoms with van der Waals surface area (Å²) >= 11 is 0. The maximum Gasteiger partial charge on any atom is 0.293 e. The number of nitrogens with zero attached hydrogens (tertiary/aromatic N) is 3. The van der Waals surface area contributed by atoms with E-state index in [1.165, 1.54) is 31.5 Å². The van der Waals surface area contributed by atoms with Gasteiger partial charge in [0.2, 0.25) is 0 Å². The molecule has 2 aromatic rings. The summed E-state index contributed by atoms with van der Waals surface area (Å²) in [6.07, 6.45) is 3.49. The number of methoxy groups -OCH3 is 1. The number of halogens is 1. The molecule has 2 aromatic carbocycles. The summed E-state index contributed by atoms with van der Waals surface area (Å²) in [4.78, 5) is 18.2. The van der Waals surface area contributed by atoms with Gasteiger partial charge in [-0.25, -0.2) is 4.39 Å². The predicted octanol–water partition coefficient (Wildman–Crippen LogP) is 3.89. The highest BCUT2D eigenvalue weighted by Gasteiger charge is 2.22. The Kier molecular flexibility index (Phi) is 5.85. The Morgan fingerprint density at radius 2 is 2.04 bits per heavy atom. The van der Waals surface area contributed by atoms with Crippen LogP contribution in [-0.4, -0.2) is 31.3 Å². The van der Waals surface area contributed by atoms with Crippen LogP contribution in [0.15, 0.2) is 41.6 Å². The number of nitro groups is 1. The number of rotatable bonds is 7. The molecule has 27 heavy (non-hydrogen) atoms. The van der Waals surface area contributed by atoms with Gasteiger partial charge in [0.15, 0.2) is 11.6 Å². The molecule has 1 aliphatic rings. The van der Waals surface area contributed by atoms with Crippen LogP contribution in [0.2, 0.25) is 0 Å². The molecule has 1 aliphatic heterocycles. The van der Waals surface area contributed by atoms with Crippen LogP contribution >= 0.6 is 0 Å². The van der Waals surface area contributed by atoms with Crippen molar-refractivity contribution in [2.45, 2.75) is 19.4 Å². The topological polar surface area (TPSA) is 77.2 Å². The van der Waals surface area contributed by atoms with Gasteiger partial charge >= 0.3 is 0 Å². The van der Waals surface area contributed by atoms with Crippen molar-refractivity contribution in [3.05, 3.63) is 63.5 Å². The highest BCUT2D eigenvalue weighted by molar-refractivity contribution is 5.83. The van der Waals surface area contributed by atoms with Crippen LogP contribution in [0, 0.1) is 15.9 Å². The summed E-state index contributed by atoms with van der Waals surface area (Å²) in [5.41, 5.74) is 1.84. The fourth-order valence-electron chi connectivity index (χ4n) is 3.00. The molecule has 0 aliphatic carbocycles. The van der Waals surface area contributed by atoms with Crippen LogP contribution in [-0.2, 0) is 11.4 Å². The molecule has 3 rings (SSSR count). The molecule has 1 fully saturated rings. The van der Waals surface area contributed by atoms with E-state index in [1.807, 2.05) is 4.90 Å². The normalized spacial score (nSPS) is 13.9. The average molecular weight is 373 g/mol. The van der Waals surface area contributed by atoms with E-state index in [0.29, 0.717) is 16.8 Å². The Balaban J connectivity index is 1.65. The van der Waals surface area contributed by atoms with Gasteiger partial charge in [-0.3, -0.25) is 10.1 Å². The van der Waals surface area contributed by atoms with Gasteiger partial charge in [-0.2, -0.15) is 0 Å². The molecule has 7 nitrogen and oxygen atoms in total. The minimum Gasteiger partial charge on any atom is -0.494 e. The quantitative estimate of drug-likeness (QED) is 0.418. The number of hydrogen-bond acceptors (Lipinski definition) is 6. The molecule has 0 bridgehead atoms. The molecule has 0 saturated carbocycles. The molecule has 0 unspecified atom stereocenters. The first kappa shape index (κ1) is 18.6. The van der Waals surface area contributed by atoms with Crippen LogP contribution in [0.1, 0.15) is 24.0 Å². The van der Waals surface area contributed by atoms with E-state index in [2.05, 4.69) is 5.16 Å². The summed E-state index contributed by atoms with van der Waals surface area (Å²) in [7, 11) is 1.40. The standard InChI is InChI=1S/C19H20FN3O4/c1-26-19-7-5-15(10-16(19)20)13-27-21-12-14-4-6-17(18(11-14)23(24)25)22-8-2-3-9-22/h4-7,10-12H,2-3,8-9,13H2,1H3/b21-12+. The molecule has 0 radical (unpaired) electrons. The van der Waals surface area contributed by atoms with Crippen LogP contribution in [0.5, 0.6) is 5.75 Å². The number of nitro benzene ring substituents is 1. The minimum absolute atomic E-state index is 0.0538. The van der Waals surface area contributed by atoms with Crippen LogP contribution < -0.4 is 9.64 Å². The van der Waals surface area contributed by atoms with Gasteiger partial charge in [0.05, 0.1) is 18.2 Å². The van der Waals surface area contributed by atoms with Crippen molar-refractivity contribution in [2.75, 3.05) is 25.1 Å². The number of oxime groups is 1. The minimum atomic E-state index is -0.476. The molecule has 8 heteroatoms. The van der Waals surface area contributed by atoms with Gasteiger partial charge in [-0.05, 0) is 36.6 Å². The van der Waals surface area contributed by atoms with E-state index >= 15 is 0 Å². The Morgan fingerprint density at radius 1 is 1.26 bits per heavy atom. The fraction of sp³-hybridized carbons (Fsp3) is 0.316. The van der Waals surface area contributed by atoms with E-state index in [1.54, 1.807) is 18.2 Å². The van der Waals surface area contributed by atoms with Crippen molar-refractivity contribution in [3.63, 3.8) is 0 Å². The lowest BCUT2D eigenvalue weighted by Crippen LogP contribution is -2.18. The van der Waals surface area contributed by atoms with Crippen molar-refractivity contribution in [3.8, 4) is 5.75 Å². The van der Waals surface area contributed by atoms with Crippen LogP contribution in [0.25, 0.3) is 0 Å². The lowest BCUT2D eigenvalue weighted by atomic mass is 10.1. The summed E-state index contributed by atoms with van der Waals surface area (Å²) in [6, 6.07) is 9.48. The lowest BCUT2D eigenvalue weighted by molar-refractivity contribution is -0.384. The first-order valence-corrected chi connectivity index (χ1v) is 8.59. The van der Waals surface area contributed by atoms with Crippen molar-refractivity contribution < 1.29 is 18.9 Å². The zero-order valence-corrected chi connectivity index (χ0v) is 14.9. The second-order valence-corrected chi connectivity index (χ2v) is 6.18. The molecule has 0 amide bonds. The molecular weight excluding hydrogens is 353 g/mol. The van der Waals surface area contributed by atoms with E-state index in [-0.39, 0.29) is 23.0 Å². The van der Waals surface area contributed by atoms with E-state index < -0.39 is 5.82 Å². The number of benzene rings is 2. The Labute approximate surface area is 156 Å². The van der Waals surface area contributed by atoms with E-state index in [4.69, 9.17) is 9.57 Å². The zero-order chi connectivity index (χ0) is 19.2. The first-order chi connectivity index (χ1) is 13.1. The lowest BCUT2D eigenvalue weighted by Gasteiger charge is -2.17. The van der Waals surface area contributed by atoms with E-state index in [9.17, 15) is 14.5 Å². The largest absolute Gasteiger partial charge is 0.494 e. The highest BCUT2D eigenvalue weighted by Crippen LogP contribution is 2.31. The smallest absolute Gasteiger partial charge is 0.293 e. The summed E-state index contributed by atoms with van der Waals surface area (Å²) in [5, 5.41) is 15.2. The van der Waals surface area contributed by atoms with Gasteiger partial charge in [0, 0.05) is 24.7 Å². The van der Waals surface area contributed by atoms with Crippen LogP contribution in [0.4, 0.5) is 15.8 Å². The Bertz CT molecular complexity index is 851. The average Bonchev–Trinajstić information content (AvgIpc) is 3.20. The summed E-state index contributed by atoms with van der Waals surface area (Å²) in [6.45, 7) is 1.73. The zero-order valence-electron chi connectivity index (χ0n) is 14.9. The Hall–Kier alpha value is -3.16. The second-order valence-electron chi connectivity index (χ2n) is 6.18. The van der Waals surface area contributed by atoms with E-state index in [0.717, 1.165) is 25.9 Å². The third kappa shape index (κ3) is 4.52. The van der Waals surface area contributed by atoms with Crippen LogP contribution in [0.3, 0.4) is 0 Å². The number of hydrogen-bond donors (Lipinski definition) is 0. The van der Waals surface area contributed by atoms with Crippen molar-refractivity contribution in [1.29, 1.82) is 0 Å². The molecule has 0 atom stereocenters. The summed E-state index contributed by atoms with van der Waals surface area (Å²) < 4.78 is 18.5. The first-order valence-electron chi connectivity index (χ1n) is 8.59. The third-order valence-corrected chi connectivity index (χ3v) is 4.37. The van der Waals surface area contributed by atoms with Gasteiger partial charge in [0.1, 0.15) is 12.3 Å². The number of ether oxygens (including phenoxy) is 1. The van der Waals surface area contributed by atoms with Gasteiger partial charge < -0.3 is 14.5 Å². The molecule has 0 aromatic heterocycles. The fourth-order valence-corrected chi connectivity index (χ4v) is 3.00. The Morgan fingerprint density at radius 3 is 2.70 bits per heavy atom. The maximum absolute atomic E-state index is 13.6. The maximum atomic E-state index is 13.6. The molecule has 1 saturated heterocycles. The van der Waals surface area contributed by atoms with Gasteiger partial charge in [-0.1, -0.05) is 17.3 Å². The molecule has 0 spiro atoms.